The first-order chi connectivity index (χ1) is 14.0. The van der Waals surface area contributed by atoms with E-state index in [1.807, 2.05) is 12.1 Å². The fourth-order valence-electron chi connectivity index (χ4n) is 2.93. The number of nitrogens with one attached hydrogen (secondary N) is 1. The Balaban J connectivity index is 1.76. The maximum Gasteiger partial charge on any atom is 0.246 e. The van der Waals surface area contributed by atoms with E-state index in [1.165, 1.54) is 6.08 Å². The number of anilines is 1. The number of hydrogen-bond acceptors (Lipinski definition) is 6. The van der Waals surface area contributed by atoms with Gasteiger partial charge in [-0.25, -0.2) is 9.97 Å². The number of carbonyl (C=O) groups excluding carboxylic acids is 1. The maximum absolute atomic E-state index is 11.7. The van der Waals surface area contributed by atoms with Gasteiger partial charge in [0.05, 0.1) is 18.7 Å². The fourth-order valence-corrected chi connectivity index (χ4v) is 3.22. The number of likely N-dealkylation sites (tertiary alicyclic amines) is 1. The number of hydrogen-bond donors (Lipinski definition) is 1. The minimum atomic E-state index is -0.0636. The molecule has 1 aromatic carbocycles. The SMILES string of the molecule is C=CC(=O)N1CC[C@H](Nc2ncc(Br)c(C#Cc3cc(OC)cc(OC)c3)n2)C1. The average molecular weight is 457 g/mol. The molecule has 0 aliphatic carbocycles. The molecule has 0 spiro atoms. The zero-order chi connectivity index (χ0) is 20.8. The summed E-state index contributed by atoms with van der Waals surface area (Å²) in [6, 6.07) is 5.53. The number of carbonyl (C=O) groups is 1. The van der Waals surface area contributed by atoms with Crippen LogP contribution in [0.5, 0.6) is 11.5 Å². The zero-order valence-electron chi connectivity index (χ0n) is 16.2. The van der Waals surface area contributed by atoms with E-state index in [9.17, 15) is 4.79 Å². The van der Waals surface area contributed by atoms with Gasteiger partial charge in [-0.2, -0.15) is 0 Å². The molecular weight excluding hydrogens is 436 g/mol. The number of amides is 1. The molecule has 0 unspecified atom stereocenters. The van der Waals surface area contributed by atoms with E-state index in [0.717, 1.165) is 12.0 Å². The molecule has 150 valence electrons. The van der Waals surface area contributed by atoms with E-state index < -0.39 is 0 Å². The summed E-state index contributed by atoms with van der Waals surface area (Å²) in [5.41, 5.74) is 1.30. The number of nitrogens with zero attached hydrogens (tertiary/aromatic N) is 3. The smallest absolute Gasteiger partial charge is 0.246 e. The first-order valence-corrected chi connectivity index (χ1v) is 9.77. The molecule has 0 bridgehead atoms. The second kappa shape index (κ2) is 9.43. The van der Waals surface area contributed by atoms with Gasteiger partial charge in [-0.05, 0) is 46.5 Å². The third-order valence-electron chi connectivity index (χ3n) is 4.43. The summed E-state index contributed by atoms with van der Waals surface area (Å²) in [5, 5.41) is 3.27. The molecule has 0 radical (unpaired) electrons. The summed E-state index contributed by atoms with van der Waals surface area (Å²) in [7, 11) is 3.19. The van der Waals surface area contributed by atoms with Gasteiger partial charge in [0.2, 0.25) is 11.9 Å². The Kier molecular flexibility index (Phi) is 6.73. The molecule has 1 N–H and O–H groups in total. The first kappa shape index (κ1) is 20.7. The normalized spacial score (nSPS) is 15.3. The molecule has 0 saturated carbocycles. The molecule has 1 aliphatic heterocycles. The van der Waals surface area contributed by atoms with E-state index in [4.69, 9.17) is 9.47 Å². The minimum absolute atomic E-state index is 0.0636. The monoisotopic (exact) mass is 456 g/mol. The highest BCUT2D eigenvalue weighted by Crippen LogP contribution is 2.22. The molecule has 8 heteroatoms. The predicted octanol–water partition coefficient (Wildman–Crippen LogP) is 2.85. The van der Waals surface area contributed by atoms with E-state index in [1.54, 1.807) is 31.4 Å². The number of benzene rings is 1. The maximum atomic E-state index is 11.7. The molecule has 1 fully saturated rings. The van der Waals surface area contributed by atoms with Gasteiger partial charge in [0.15, 0.2) is 0 Å². The summed E-state index contributed by atoms with van der Waals surface area (Å²) in [4.78, 5) is 22.3. The van der Waals surface area contributed by atoms with Gasteiger partial charge in [-0.3, -0.25) is 4.79 Å². The summed E-state index contributed by atoms with van der Waals surface area (Å²) in [6.45, 7) is 4.81. The number of ether oxygens (including phenoxy) is 2. The largest absolute Gasteiger partial charge is 0.497 e. The molecular formula is C21H21BrN4O3. The third kappa shape index (κ3) is 5.27. The Labute approximate surface area is 178 Å². The van der Waals surface area contributed by atoms with Crippen LogP contribution in [-0.4, -0.2) is 54.1 Å². The molecule has 1 aromatic heterocycles. The van der Waals surface area contributed by atoms with Crippen LogP contribution in [-0.2, 0) is 4.79 Å². The lowest BCUT2D eigenvalue weighted by Gasteiger charge is -2.15. The molecule has 29 heavy (non-hydrogen) atoms. The number of methoxy groups -OCH3 is 2. The highest BCUT2D eigenvalue weighted by Gasteiger charge is 2.25. The topological polar surface area (TPSA) is 76.6 Å². The van der Waals surface area contributed by atoms with Crippen molar-refractivity contribution >= 4 is 27.8 Å². The van der Waals surface area contributed by atoms with Crippen molar-refractivity contribution in [3.63, 3.8) is 0 Å². The molecule has 3 rings (SSSR count). The van der Waals surface area contributed by atoms with Crippen LogP contribution in [0.15, 0.2) is 41.5 Å². The van der Waals surface area contributed by atoms with Crippen LogP contribution >= 0.6 is 15.9 Å². The summed E-state index contributed by atoms with van der Waals surface area (Å²) in [6.07, 6.45) is 3.82. The van der Waals surface area contributed by atoms with Crippen molar-refractivity contribution in [1.82, 2.24) is 14.9 Å². The van der Waals surface area contributed by atoms with Crippen molar-refractivity contribution in [1.29, 1.82) is 0 Å². The Morgan fingerprint density at radius 2 is 2.03 bits per heavy atom. The molecule has 1 aliphatic rings. The van der Waals surface area contributed by atoms with Crippen molar-refractivity contribution in [2.75, 3.05) is 32.6 Å². The van der Waals surface area contributed by atoms with Gasteiger partial charge in [-0.1, -0.05) is 12.5 Å². The third-order valence-corrected chi connectivity index (χ3v) is 5.01. The van der Waals surface area contributed by atoms with E-state index in [-0.39, 0.29) is 11.9 Å². The Bertz CT molecular complexity index is 961. The standard InChI is InChI=1S/C21H21BrN4O3/c1-4-20(27)26-8-7-15(13-26)24-21-23-12-18(22)19(25-21)6-5-14-9-16(28-2)11-17(10-14)29-3/h4,9-12,15H,1,7-8,13H2,2-3H3,(H,23,24,25)/t15-/m0/s1. The Morgan fingerprint density at radius 3 is 2.69 bits per heavy atom. The Hall–Kier alpha value is -3.05. The van der Waals surface area contributed by atoms with Crippen molar-refractivity contribution < 1.29 is 14.3 Å². The van der Waals surface area contributed by atoms with Crippen molar-refractivity contribution in [2.24, 2.45) is 0 Å². The number of aromatic nitrogens is 2. The van der Waals surface area contributed by atoms with Crippen LogP contribution in [0.25, 0.3) is 0 Å². The lowest BCUT2D eigenvalue weighted by atomic mass is 10.2. The zero-order valence-corrected chi connectivity index (χ0v) is 17.8. The van der Waals surface area contributed by atoms with Gasteiger partial charge in [-0.15, -0.1) is 0 Å². The van der Waals surface area contributed by atoms with Crippen molar-refractivity contribution in [2.45, 2.75) is 12.5 Å². The molecule has 2 aromatic rings. The number of halogens is 1. The lowest BCUT2D eigenvalue weighted by molar-refractivity contribution is -0.125. The predicted molar refractivity (Wildman–Crippen MR) is 114 cm³/mol. The molecule has 7 nitrogen and oxygen atoms in total. The fraction of sp³-hybridized carbons (Fsp3) is 0.286. The summed E-state index contributed by atoms with van der Waals surface area (Å²) >= 11 is 3.44. The molecule has 2 heterocycles. The van der Waals surface area contributed by atoms with Gasteiger partial charge in [0, 0.05) is 37.0 Å². The summed E-state index contributed by atoms with van der Waals surface area (Å²) < 4.78 is 11.2. The van der Waals surface area contributed by atoms with E-state index >= 15 is 0 Å². The minimum Gasteiger partial charge on any atom is -0.497 e. The van der Waals surface area contributed by atoms with Gasteiger partial charge in [0.25, 0.3) is 0 Å². The van der Waals surface area contributed by atoms with Crippen LogP contribution in [0.4, 0.5) is 5.95 Å². The van der Waals surface area contributed by atoms with E-state index in [2.05, 4.69) is 49.6 Å². The second-order valence-corrected chi connectivity index (χ2v) is 7.21. The average Bonchev–Trinajstić information content (AvgIpc) is 3.21. The van der Waals surface area contributed by atoms with Crippen LogP contribution in [0, 0.1) is 11.8 Å². The highest BCUT2D eigenvalue weighted by atomic mass is 79.9. The molecule has 1 atom stereocenters. The van der Waals surface area contributed by atoms with Gasteiger partial charge < -0.3 is 19.7 Å². The van der Waals surface area contributed by atoms with Crippen molar-refractivity contribution in [3.05, 3.63) is 52.8 Å². The van der Waals surface area contributed by atoms with Crippen LogP contribution in [0.1, 0.15) is 17.7 Å². The second-order valence-electron chi connectivity index (χ2n) is 6.36. The van der Waals surface area contributed by atoms with E-state index in [0.29, 0.717) is 40.7 Å². The molecule has 1 amide bonds. The van der Waals surface area contributed by atoms with Crippen LogP contribution < -0.4 is 14.8 Å². The quantitative estimate of drug-likeness (QED) is 0.550. The van der Waals surface area contributed by atoms with Gasteiger partial charge >= 0.3 is 0 Å². The summed E-state index contributed by atoms with van der Waals surface area (Å²) in [5.74, 6) is 7.87. The highest BCUT2D eigenvalue weighted by molar-refractivity contribution is 9.10. The molecule has 1 saturated heterocycles. The van der Waals surface area contributed by atoms with Crippen molar-refractivity contribution in [3.8, 4) is 23.3 Å². The van der Waals surface area contributed by atoms with Crippen LogP contribution in [0.3, 0.4) is 0 Å². The van der Waals surface area contributed by atoms with Gasteiger partial charge in [0.1, 0.15) is 17.2 Å². The first-order valence-electron chi connectivity index (χ1n) is 8.98. The van der Waals surface area contributed by atoms with Crippen LogP contribution in [0.2, 0.25) is 0 Å². The number of rotatable bonds is 5. The lowest BCUT2D eigenvalue weighted by Crippen LogP contribution is -2.30. The Morgan fingerprint density at radius 1 is 1.31 bits per heavy atom.